The van der Waals surface area contributed by atoms with Crippen molar-refractivity contribution in [3.8, 4) is 0 Å². The molecule has 2 rings (SSSR count). The van der Waals surface area contributed by atoms with Gasteiger partial charge in [0.15, 0.2) is 0 Å². The summed E-state index contributed by atoms with van der Waals surface area (Å²) in [6.07, 6.45) is 4.11. The van der Waals surface area contributed by atoms with Crippen LogP contribution in [0.1, 0.15) is 26.2 Å². The minimum Gasteiger partial charge on any atom is -0.312 e. The lowest BCUT2D eigenvalue weighted by Gasteiger charge is -2.33. The summed E-state index contributed by atoms with van der Waals surface area (Å²) in [4.78, 5) is 5.02. The molecule has 0 aromatic rings. The van der Waals surface area contributed by atoms with Crippen LogP contribution < -0.4 is 5.32 Å². The van der Waals surface area contributed by atoms with Gasteiger partial charge < -0.3 is 15.1 Å². The first-order chi connectivity index (χ1) is 7.66. The van der Waals surface area contributed by atoms with E-state index >= 15 is 0 Å². The quantitative estimate of drug-likeness (QED) is 0.773. The minimum atomic E-state index is 0.731. The molecule has 2 aliphatic rings. The first-order valence-electron chi connectivity index (χ1n) is 6.79. The molecule has 2 aliphatic heterocycles. The van der Waals surface area contributed by atoms with Crippen LogP contribution in [-0.4, -0.2) is 62.2 Å². The maximum Gasteiger partial charge on any atom is 0.0229 e. The van der Waals surface area contributed by atoms with Gasteiger partial charge in [-0.1, -0.05) is 6.92 Å². The van der Waals surface area contributed by atoms with Gasteiger partial charge in [-0.15, -0.1) is 0 Å². The van der Waals surface area contributed by atoms with Crippen LogP contribution in [0.4, 0.5) is 0 Å². The van der Waals surface area contributed by atoms with E-state index in [4.69, 9.17) is 0 Å². The Morgan fingerprint density at radius 3 is 2.75 bits per heavy atom. The predicted molar refractivity (Wildman–Crippen MR) is 68.7 cm³/mol. The molecule has 2 saturated heterocycles. The molecule has 1 N–H and O–H groups in total. The van der Waals surface area contributed by atoms with E-state index in [1.54, 1.807) is 0 Å². The zero-order valence-corrected chi connectivity index (χ0v) is 11.1. The Morgan fingerprint density at radius 1 is 1.31 bits per heavy atom. The fourth-order valence-corrected chi connectivity index (χ4v) is 3.04. The van der Waals surface area contributed by atoms with Crippen LogP contribution in [0.3, 0.4) is 0 Å². The second kappa shape index (κ2) is 5.48. The van der Waals surface area contributed by atoms with Crippen molar-refractivity contribution in [3.05, 3.63) is 0 Å². The molecule has 0 aliphatic carbocycles. The molecule has 0 spiro atoms. The van der Waals surface area contributed by atoms with E-state index in [1.807, 2.05) is 0 Å². The Hall–Kier alpha value is -0.120. The molecule has 0 aromatic heterocycles. The predicted octanol–water partition coefficient (Wildman–Crippen LogP) is 1.01. The normalized spacial score (nSPS) is 37.1. The second-order valence-corrected chi connectivity index (χ2v) is 5.85. The summed E-state index contributed by atoms with van der Waals surface area (Å²) in [7, 11) is 4.41. The molecule has 3 atom stereocenters. The molecule has 0 saturated carbocycles. The number of piperidine rings is 1. The van der Waals surface area contributed by atoms with Gasteiger partial charge in [0, 0.05) is 25.2 Å². The molecule has 16 heavy (non-hydrogen) atoms. The van der Waals surface area contributed by atoms with Gasteiger partial charge in [0.25, 0.3) is 0 Å². The zero-order chi connectivity index (χ0) is 11.5. The molecule has 0 aromatic carbocycles. The summed E-state index contributed by atoms with van der Waals surface area (Å²) in [6.45, 7) is 7.42. The van der Waals surface area contributed by atoms with E-state index in [0.29, 0.717) is 0 Å². The van der Waals surface area contributed by atoms with E-state index < -0.39 is 0 Å². The van der Waals surface area contributed by atoms with Crippen molar-refractivity contribution in [1.82, 2.24) is 15.1 Å². The molecule has 3 nitrogen and oxygen atoms in total. The van der Waals surface area contributed by atoms with E-state index in [0.717, 1.165) is 18.0 Å². The molecular weight excluding hydrogens is 198 g/mol. The minimum absolute atomic E-state index is 0.731. The average molecular weight is 225 g/mol. The highest BCUT2D eigenvalue weighted by Crippen LogP contribution is 2.19. The first-order valence-corrected chi connectivity index (χ1v) is 6.79. The zero-order valence-electron chi connectivity index (χ0n) is 11.1. The van der Waals surface area contributed by atoms with E-state index in [9.17, 15) is 0 Å². The monoisotopic (exact) mass is 225 g/mol. The average Bonchev–Trinajstić information content (AvgIpc) is 2.70. The van der Waals surface area contributed by atoms with Gasteiger partial charge in [0.2, 0.25) is 0 Å². The lowest BCUT2D eigenvalue weighted by molar-refractivity contribution is 0.203. The van der Waals surface area contributed by atoms with Crippen molar-refractivity contribution in [1.29, 1.82) is 0 Å². The molecule has 2 heterocycles. The molecule has 0 amide bonds. The van der Waals surface area contributed by atoms with Gasteiger partial charge in [0.1, 0.15) is 0 Å². The number of likely N-dealkylation sites (N-methyl/N-ethyl adjacent to an activating group) is 1. The number of rotatable bonds is 3. The lowest BCUT2D eigenvalue weighted by Crippen LogP contribution is -2.47. The largest absolute Gasteiger partial charge is 0.312 e. The number of nitrogens with zero attached hydrogens (tertiary/aromatic N) is 2. The van der Waals surface area contributed by atoms with Crippen LogP contribution in [0.2, 0.25) is 0 Å². The number of nitrogens with one attached hydrogen (secondary N) is 1. The van der Waals surface area contributed by atoms with Gasteiger partial charge >= 0.3 is 0 Å². The van der Waals surface area contributed by atoms with Crippen LogP contribution in [-0.2, 0) is 0 Å². The summed E-state index contributed by atoms with van der Waals surface area (Å²) < 4.78 is 0. The SMILES string of the molecule is CC1CCCNC1CN1CCC(N(C)C)C1. The van der Waals surface area contributed by atoms with Crippen LogP contribution in [0.15, 0.2) is 0 Å². The van der Waals surface area contributed by atoms with Gasteiger partial charge in [-0.3, -0.25) is 0 Å². The van der Waals surface area contributed by atoms with Crippen molar-refractivity contribution in [2.24, 2.45) is 5.92 Å². The summed E-state index contributed by atoms with van der Waals surface area (Å²) in [6, 6.07) is 1.51. The third-order valence-corrected chi connectivity index (χ3v) is 4.36. The van der Waals surface area contributed by atoms with Gasteiger partial charge in [0.05, 0.1) is 0 Å². The van der Waals surface area contributed by atoms with Gasteiger partial charge in [-0.25, -0.2) is 0 Å². The molecule has 0 bridgehead atoms. The Kier molecular flexibility index (Phi) is 4.22. The molecule has 2 fully saturated rings. The molecular formula is C13H27N3. The maximum absolute atomic E-state index is 3.68. The van der Waals surface area contributed by atoms with Crippen molar-refractivity contribution >= 4 is 0 Å². The number of likely N-dealkylation sites (tertiary alicyclic amines) is 1. The summed E-state index contributed by atoms with van der Waals surface area (Å²) >= 11 is 0. The number of hydrogen-bond acceptors (Lipinski definition) is 3. The summed E-state index contributed by atoms with van der Waals surface area (Å²) in [5.74, 6) is 0.854. The highest BCUT2D eigenvalue weighted by molar-refractivity contribution is 4.86. The third-order valence-electron chi connectivity index (χ3n) is 4.36. The second-order valence-electron chi connectivity index (χ2n) is 5.85. The Balaban J connectivity index is 1.77. The molecule has 0 radical (unpaired) electrons. The Morgan fingerprint density at radius 2 is 2.12 bits per heavy atom. The van der Waals surface area contributed by atoms with E-state index in [2.05, 4.69) is 36.1 Å². The molecule has 3 unspecified atom stereocenters. The highest BCUT2D eigenvalue weighted by Gasteiger charge is 2.28. The molecule has 3 heteroatoms. The topological polar surface area (TPSA) is 18.5 Å². The Bertz CT molecular complexity index is 217. The van der Waals surface area contributed by atoms with E-state index in [1.165, 1.54) is 45.4 Å². The van der Waals surface area contributed by atoms with Crippen LogP contribution in [0.5, 0.6) is 0 Å². The Labute approximate surface area is 100 Å². The first kappa shape index (κ1) is 12.3. The lowest BCUT2D eigenvalue weighted by atomic mass is 9.92. The molecule has 94 valence electrons. The standard InChI is InChI=1S/C13H27N3/c1-11-5-4-7-14-13(11)10-16-8-6-12(9-16)15(2)3/h11-14H,4-10H2,1-3H3. The number of hydrogen-bond donors (Lipinski definition) is 1. The van der Waals surface area contributed by atoms with Crippen LogP contribution in [0.25, 0.3) is 0 Å². The highest BCUT2D eigenvalue weighted by atomic mass is 15.2. The van der Waals surface area contributed by atoms with Crippen LogP contribution in [0, 0.1) is 5.92 Å². The van der Waals surface area contributed by atoms with Crippen molar-refractivity contribution < 1.29 is 0 Å². The van der Waals surface area contributed by atoms with E-state index in [-0.39, 0.29) is 0 Å². The fraction of sp³-hybridized carbons (Fsp3) is 1.00. The third kappa shape index (κ3) is 2.96. The van der Waals surface area contributed by atoms with Crippen molar-refractivity contribution in [3.63, 3.8) is 0 Å². The van der Waals surface area contributed by atoms with Gasteiger partial charge in [-0.05, 0) is 52.4 Å². The smallest absolute Gasteiger partial charge is 0.0229 e. The summed E-state index contributed by atoms with van der Waals surface area (Å²) in [5, 5.41) is 3.68. The fourth-order valence-electron chi connectivity index (χ4n) is 3.04. The van der Waals surface area contributed by atoms with Gasteiger partial charge in [-0.2, -0.15) is 0 Å². The van der Waals surface area contributed by atoms with Crippen molar-refractivity contribution in [2.45, 2.75) is 38.3 Å². The van der Waals surface area contributed by atoms with Crippen molar-refractivity contribution in [2.75, 3.05) is 40.3 Å². The van der Waals surface area contributed by atoms with Crippen LogP contribution >= 0.6 is 0 Å². The maximum atomic E-state index is 3.68. The summed E-state index contributed by atoms with van der Waals surface area (Å²) in [5.41, 5.74) is 0.